The molecule has 0 bridgehead atoms. The summed E-state index contributed by atoms with van der Waals surface area (Å²) in [6, 6.07) is 3.58. The molecule has 1 aliphatic heterocycles. The molecule has 4 nitrogen and oxygen atoms in total. The molecule has 0 amide bonds. The third-order valence-corrected chi connectivity index (χ3v) is 6.32. The predicted octanol–water partition coefficient (Wildman–Crippen LogP) is 5.14. The van der Waals surface area contributed by atoms with E-state index < -0.39 is 5.72 Å². The second kappa shape index (κ2) is 6.71. The number of nitrogens with zero attached hydrogens (tertiary/aromatic N) is 1. The molecule has 1 aliphatic rings. The van der Waals surface area contributed by atoms with E-state index in [1.807, 2.05) is 52.5 Å². The molecule has 1 atom stereocenters. The molecular formula is C22H27NO3S. The minimum Gasteiger partial charge on any atom is -0.508 e. The zero-order valence-electron chi connectivity index (χ0n) is 16.8. The van der Waals surface area contributed by atoms with Gasteiger partial charge in [-0.2, -0.15) is 0 Å². The summed E-state index contributed by atoms with van der Waals surface area (Å²) < 4.78 is 6.55. The van der Waals surface area contributed by atoms with E-state index in [1.54, 1.807) is 11.6 Å². The molecular weight excluding hydrogens is 358 g/mol. The summed E-state index contributed by atoms with van der Waals surface area (Å²) in [7, 11) is 0. The van der Waals surface area contributed by atoms with Crippen molar-refractivity contribution in [2.24, 2.45) is 0 Å². The Labute approximate surface area is 166 Å². The second-order valence-electron chi connectivity index (χ2n) is 7.64. The predicted molar refractivity (Wildman–Crippen MR) is 113 cm³/mol. The van der Waals surface area contributed by atoms with E-state index in [4.69, 9.17) is 17.0 Å². The first-order chi connectivity index (χ1) is 12.6. The highest BCUT2D eigenvalue weighted by Gasteiger charge is 2.39. The van der Waals surface area contributed by atoms with E-state index in [0.29, 0.717) is 5.75 Å². The molecule has 1 unspecified atom stereocenters. The number of anilines is 1. The number of phenols is 2. The van der Waals surface area contributed by atoms with Gasteiger partial charge in [-0.05, 0) is 87.9 Å². The van der Waals surface area contributed by atoms with E-state index in [0.717, 1.165) is 57.7 Å². The Morgan fingerprint density at radius 3 is 2.30 bits per heavy atom. The minimum absolute atomic E-state index is 0.276. The topological polar surface area (TPSA) is 52.9 Å². The molecule has 1 heterocycles. The lowest BCUT2D eigenvalue weighted by Gasteiger charge is -2.44. The van der Waals surface area contributed by atoms with Crippen LogP contribution in [0.2, 0.25) is 0 Å². The summed E-state index contributed by atoms with van der Waals surface area (Å²) in [5, 5.41) is 20.4. The summed E-state index contributed by atoms with van der Waals surface area (Å²) in [6.45, 7) is 11.8. The summed E-state index contributed by atoms with van der Waals surface area (Å²) in [5.74, 6) is 1.47. The van der Waals surface area contributed by atoms with Crippen molar-refractivity contribution in [3.05, 3.63) is 45.5 Å². The first kappa shape index (κ1) is 19.5. The molecule has 2 aromatic carbocycles. The lowest BCUT2D eigenvalue weighted by molar-refractivity contribution is 0.0743. The number of ether oxygens (including phenoxy) is 1. The van der Waals surface area contributed by atoms with Gasteiger partial charge in [0.15, 0.2) is 5.72 Å². The molecule has 0 aromatic heterocycles. The van der Waals surface area contributed by atoms with Gasteiger partial charge < -0.3 is 14.9 Å². The molecule has 0 saturated heterocycles. The number of hydrogen-bond donors (Lipinski definition) is 2. The molecule has 5 heteroatoms. The van der Waals surface area contributed by atoms with Crippen molar-refractivity contribution >= 4 is 23.4 Å². The average Bonchev–Trinajstić information content (AvgIpc) is 2.65. The molecule has 0 radical (unpaired) electrons. The first-order valence-corrected chi connectivity index (χ1v) is 9.64. The lowest BCUT2D eigenvalue weighted by atomic mass is 9.89. The first-order valence-electron chi connectivity index (χ1n) is 9.16. The Bertz CT molecular complexity index is 938. The van der Waals surface area contributed by atoms with Crippen LogP contribution in [0.5, 0.6) is 17.2 Å². The fourth-order valence-electron chi connectivity index (χ4n) is 3.88. The van der Waals surface area contributed by atoms with Crippen LogP contribution in [0, 0.1) is 34.6 Å². The zero-order valence-corrected chi connectivity index (χ0v) is 17.6. The van der Waals surface area contributed by atoms with Crippen molar-refractivity contribution in [1.82, 2.24) is 0 Å². The minimum atomic E-state index is -0.649. The Morgan fingerprint density at radius 2 is 1.67 bits per heavy atom. The SMILES string of the molecule is Cc1c(O)ccc(N(C=S)C2(C)CCc3c(C)c(O)c(C)c(C)c3O2)c1C. The Morgan fingerprint density at radius 1 is 1.00 bits per heavy atom. The van der Waals surface area contributed by atoms with Crippen LogP contribution in [0.25, 0.3) is 0 Å². The van der Waals surface area contributed by atoms with Crippen LogP contribution >= 0.6 is 12.2 Å². The normalized spacial score (nSPS) is 18.6. The number of benzene rings is 2. The molecule has 27 heavy (non-hydrogen) atoms. The van der Waals surface area contributed by atoms with Crippen molar-refractivity contribution in [3.63, 3.8) is 0 Å². The van der Waals surface area contributed by atoms with Crippen LogP contribution in [-0.4, -0.2) is 21.4 Å². The van der Waals surface area contributed by atoms with Crippen LogP contribution in [0.1, 0.15) is 46.7 Å². The van der Waals surface area contributed by atoms with E-state index in [9.17, 15) is 10.2 Å². The third-order valence-electron chi connectivity index (χ3n) is 6.11. The maximum absolute atomic E-state index is 10.4. The van der Waals surface area contributed by atoms with Crippen molar-refractivity contribution in [2.75, 3.05) is 4.90 Å². The van der Waals surface area contributed by atoms with Crippen LogP contribution in [0.4, 0.5) is 5.69 Å². The highest BCUT2D eigenvalue weighted by Crippen LogP contribution is 2.45. The van der Waals surface area contributed by atoms with Gasteiger partial charge in [0.2, 0.25) is 0 Å². The number of thiocarbonyl (C=S) groups is 1. The number of hydrogen-bond acceptors (Lipinski definition) is 4. The van der Waals surface area contributed by atoms with E-state index in [-0.39, 0.29) is 5.75 Å². The van der Waals surface area contributed by atoms with Gasteiger partial charge in [-0.15, -0.1) is 0 Å². The highest BCUT2D eigenvalue weighted by molar-refractivity contribution is 7.79. The van der Waals surface area contributed by atoms with Crippen molar-refractivity contribution < 1.29 is 14.9 Å². The van der Waals surface area contributed by atoms with Crippen molar-refractivity contribution in [3.8, 4) is 17.2 Å². The molecule has 0 fully saturated rings. The van der Waals surface area contributed by atoms with Gasteiger partial charge in [0, 0.05) is 17.7 Å². The fourth-order valence-corrected chi connectivity index (χ4v) is 4.22. The molecule has 2 N–H and O–H groups in total. The lowest BCUT2D eigenvalue weighted by Crippen LogP contribution is -2.52. The van der Waals surface area contributed by atoms with E-state index in [1.165, 1.54) is 0 Å². The largest absolute Gasteiger partial charge is 0.508 e. The van der Waals surface area contributed by atoms with Crippen molar-refractivity contribution in [1.29, 1.82) is 0 Å². The maximum Gasteiger partial charge on any atom is 0.184 e. The van der Waals surface area contributed by atoms with Gasteiger partial charge >= 0.3 is 0 Å². The van der Waals surface area contributed by atoms with Crippen molar-refractivity contribution in [2.45, 2.75) is 60.1 Å². The van der Waals surface area contributed by atoms with E-state index >= 15 is 0 Å². The summed E-state index contributed by atoms with van der Waals surface area (Å²) in [5.41, 5.74) is 7.47. The molecule has 0 aliphatic carbocycles. The Kier molecular flexibility index (Phi) is 4.85. The van der Waals surface area contributed by atoms with E-state index in [2.05, 4.69) is 0 Å². The monoisotopic (exact) mass is 385 g/mol. The number of fused-ring (bicyclic) bond motifs is 1. The van der Waals surface area contributed by atoms with Crippen LogP contribution < -0.4 is 9.64 Å². The van der Waals surface area contributed by atoms with Gasteiger partial charge in [-0.25, -0.2) is 0 Å². The highest BCUT2D eigenvalue weighted by atomic mass is 32.1. The smallest absolute Gasteiger partial charge is 0.184 e. The maximum atomic E-state index is 10.4. The van der Waals surface area contributed by atoms with Gasteiger partial charge in [-0.3, -0.25) is 4.90 Å². The second-order valence-corrected chi connectivity index (χ2v) is 7.85. The standard InChI is InChI=1S/C22H27NO3S/c1-12-13(2)19(24)8-7-18(12)23(11-27)22(6)10-9-17-16(5)20(25)14(3)15(4)21(17)26-22/h7-8,11,24-25H,9-10H2,1-6H3. The third kappa shape index (κ3) is 2.94. The summed E-state index contributed by atoms with van der Waals surface area (Å²) in [4.78, 5) is 1.98. The van der Waals surface area contributed by atoms with Gasteiger partial charge in [-0.1, -0.05) is 12.2 Å². The quantitative estimate of drug-likeness (QED) is 0.716. The Balaban J connectivity index is 2.11. The summed E-state index contributed by atoms with van der Waals surface area (Å²) in [6.07, 6.45) is 1.53. The van der Waals surface area contributed by atoms with Gasteiger partial charge in [0.1, 0.15) is 17.2 Å². The van der Waals surface area contributed by atoms with Crippen LogP contribution in [-0.2, 0) is 6.42 Å². The fraction of sp³-hybridized carbons (Fsp3) is 0.409. The molecule has 3 rings (SSSR count). The molecule has 144 valence electrons. The molecule has 0 spiro atoms. The number of phenolic OH excluding ortho intramolecular Hbond substituents is 2. The van der Waals surface area contributed by atoms with Crippen LogP contribution in [0.3, 0.4) is 0 Å². The molecule has 2 aromatic rings. The van der Waals surface area contributed by atoms with Gasteiger partial charge in [0.25, 0.3) is 0 Å². The number of aromatic hydroxyl groups is 2. The average molecular weight is 386 g/mol. The molecule has 0 saturated carbocycles. The Hall–Kier alpha value is -2.27. The summed E-state index contributed by atoms with van der Waals surface area (Å²) >= 11 is 5.37. The zero-order chi connectivity index (χ0) is 20.1. The van der Waals surface area contributed by atoms with Gasteiger partial charge in [0.05, 0.1) is 5.49 Å². The number of rotatable bonds is 3. The van der Waals surface area contributed by atoms with Crippen LogP contribution in [0.15, 0.2) is 12.1 Å².